The third kappa shape index (κ3) is 6.31. The van der Waals surface area contributed by atoms with Gasteiger partial charge in [0.25, 0.3) is 0 Å². The van der Waals surface area contributed by atoms with E-state index in [1.54, 1.807) is 17.5 Å². The van der Waals surface area contributed by atoms with Crippen LogP contribution in [0.1, 0.15) is 23.2 Å². The van der Waals surface area contributed by atoms with Gasteiger partial charge in [-0.1, -0.05) is 12.1 Å². The summed E-state index contributed by atoms with van der Waals surface area (Å²) in [5, 5.41) is 8.77. The fourth-order valence-corrected chi connectivity index (χ4v) is 3.25. The summed E-state index contributed by atoms with van der Waals surface area (Å²) in [5.41, 5.74) is 1.07. The van der Waals surface area contributed by atoms with Gasteiger partial charge in [0.2, 0.25) is 0 Å². The molecule has 0 unspecified atom stereocenters. The van der Waals surface area contributed by atoms with Crippen LogP contribution in [0.4, 0.5) is 0 Å². The average molecular weight is 496 g/mol. The van der Waals surface area contributed by atoms with Crippen molar-refractivity contribution in [2.45, 2.75) is 26.8 Å². The molecular formula is C19H25IN6S. The summed E-state index contributed by atoms with van der Waals surface area (Å²) in [6, 6.07) is 8.30. The van der Waals surface area contributed by atoms with E-state index in [4.69, 9.17) is 0 Å². The topological polar surface area (TPSA) is 67.1 Å². The van der Waals surface area contributed by atoms with Crippen LogP contribution in [0.15, 0.2) is 53.2 Å². The molecule has 0 radical (unpaired) electrons. The molecule has 3 aromatic heterocycles. The number of thiophene rings is 1. The number of aliphatic imine (C=N–C) groups is 1. The van der Waals surface area contributed by atoms with Crippen molar-refractivity contribution in [1.82, 2.24) is 25.2 Å². The summed E-state index contributed by atoms with van der Waals surface area (Å²) in [5.74, 6) is 2.62. The van der Waals surface area contributed by atoms with Crippen molar-refractivity contribution in [2.75, 3.05) is 13.1 Å². The highest BCUT2D eigenvalue weighted by atomic mass is 127. The predicted molar refractivity (Wildman–Crippen MR) is 122 cm³/mol. The maximum Gasteiger partial charge on any atom is 0.191 e. The molecule has 3 aromatic rings. The zero-order valence-electron chi connectivity index (χ0n) is 15.6. The molecule has 27 heavy (non-hydrogen) atoms. The van der Waals surface area contributed by atoms with Gasteiger partial charge in [-0.2, -0.15) is 0 Å². The Morgan fingerprint density at radius 2 is 2.11 bits per heavy atom. The summed E-state index contributed by atoms with van der Waals surface area (Å²) in [4.78, 5) is 14.8. The standard InChI is InChI=1S/C19H24N6S.HI/c1-3-20-19(22-9-8-17-5-4-12-26-17)24-14-16-6-7-18(23-13-16)25-11-10-21-15(25)2;/h4-7,10-13H,3,8-9,14H2,1-2H3,(H2,20,22,24);1H. The van der Waals surface area contributed by atoms with E-state index in [1.807, 2.05) is 30.0 Å². The number of aryl methyl sites for hydroxylation is 1. The van der Waals surface area contributed by atoms with Gasteiger partial charge in [0.05, 0.1) is 6.54 Å². The van der Waals surface area contributed by atoms with Gasteiger partial charge in [0.1, 0.15) is 11.6 Å². The lowest BCUT2D eigenvalue weighted by molar-refractivity contribution is 0.804. The number of nitrogens with zero attached hydrogens (tertiary/aromatic N) is 4. The van der Waals surface area contributed by atoms with Crippen LogP contribution in [0, 0.1) is 6.92 Å². The SMILES string of the molecule is CCNC(=NCc1ccc(-n2ccnc2C)nc1)NCCc1cccs1.I. The van der Waals surface area contributed by atoms with Gasteiger partial charge >= 0.3 is 0 Å². The maximum atomic E-state index is 4.65. The molecule has 2 N–H and O–H groups in total. The molecule has 3 rings (SSSR count). The van der Waals surface area contributed by atoms with Crippen molar-refractivity contribution in [2.24, 2.45) is 4.99 Å². The van der Waals surface area contributed by atoms with Crippen molar-refractivity contribution in [3.63, 3.8) is 0 Å². The molecule has 0 spiro atoms. The van der Waals surface area contributed by atoms with Crippen molar-refractivity contribution in [3.8, 4) is 5.82 Å². The number of guanidine groups is 1. The van der Waals surface area contributed by atoms with Gasteiger partial charge in [-0.3, -0.25) is 4.57 Å². The molecule has 0 aliphatic heterocycles. The van der Waals surface area contributed by atoms with Crippen LogP contribution in [0.25, 0.3) is 5.82 Å². The minimum absolute atomic E-state index is 0. The molecule has 0 bridgehead atoms. The normalized spacial score (nSPS) is 11.1. The molecule has 0 saturated carbocycles. The van der Waals surface area contributed by atoms with Crippen LogP contribution in [0.3, 0.4) is 0 Å². The van der Waals surface area contributed by atoms with E-state index in [0.717, 1.165) is 42.7 Å². The lowest BCUT2D eigenvalue weighted by Gasteiger charge is -2.11. The molecule has 3 heterocycles. The Balaban J connectivity index is 0.00000261. The van der Waals surface area contributed by atoms with Crippen molar-refractivity contribution >= 4 is 41.3 Å². The molecule has 0 aliphatic rings. The highest BCUT2D eigenvalue weighted by Gasteiger charge is 2.03. The van der Waals surface area contributed by atoms with Gasteiger partial charge in [-0.05, 0) is 43.3 Å². The number of halogens is 1. The number of hydrogen-bond acceptors (Lipinski definition) is 4. The number of rotatable bonds is 7. The second kappa shape index (κ2) is 11.0. The van der Waals surface area contributed by atoms with E-state index in [2.05, 4.69) is 56.1 Å². The Labute approximate surface area is 181 Å². The van der Waals surface area contributed by atoms with Gasteiger partial charge in [0, 0.05) is 36.6 Å². The summed E-state index contributed by atoms with van der Waals surface area (Å²) in [7, 11) is 0. The molecule has 0 fully saturated rings. The zero-order valence-corrected chi connectivity index (χ0v) is 18.7. The summed E-state index contributed by atoms with van der Waals surface area (Å²) < 4.78 is 1.96. The Kier molecular flexibility index (Phi) is 8.73. The second-order valence-corrected chi connectivity index (χ2v) is 6.85. The fourth-order valence-electron chi connectivity index (χ4n) is 2.54. The van der Waals surface area contributed by atoms with Crippen LogP contribution in [-0.2, 0) is 13.0 Å². The van der Waals surface area contributed by atoms with Crippen LogP contribution in [0.5, 0.6) is 0 Å². The highest BCUT2D eigenvalue weighted by Crippen LogP contribution is 2.09. The molecule has 0 aromatic carbocycles. The van der Waals surface area contributed by atoms with E-state index in [0.29, 0.717) is 6.54 Å². The Morgan fingerprint density at radius 3 is 2.74 bits per heavy atom. The first kappa shape index (κ1) is 21.4. The third-order valence-corrected chi connectivity index (χ3v) is 4.83. The molecular weight excluding hydrogens is 471 g/mol. The largest absolute Gasteiger partial charge is 0.357 e. The lowest BCUT2D eigenvalue weighted by Crippen LogP contribution is -2.38. The van der Waals surface area contributed by atoms with Crippen LogP contribution >= 0.6 is 35.3 Å². The van der Waals surface area contributed by atoms with Crippen LogP contribution < -0.4 is 10.6 Å². The number of nitrogens with one attached hydrogen (secondary N) is 2. The van der Waals surface area contributed by atoms with E-state index in [1.165, 1.54) is 4.88 Å². The molecule has 0 amide bonds. The van der Waals surface area contributed by atoms with E-state index < -0.39 is 0 Å². The predicted octanol–water partition coefficient (Wildman–Crippen LogP) is 3.55. The van der Waals surface area contributed by atoms with E-state index >= 15 is 0 Å². The van der Waals surface area contributed by atoms with Crippen LogP contribution in [0.2, 0.25) is 0 Å². The molecule has 0 aliphatic carbocycles. The molecule has 144 valence electrons. The number of pyridine rings is 1. The fraction of sp³-hybridized carbons (Fsp3) is 0.316. The molecule has 0 saturated heterocycles. The number of aromatic nitrogens is 3. The molecule has 6 nitrogen and oxygen atoms in total. The lowest BCUT2D eigenvalue weighted by atomic mass is 10.3. The maximum absolute atomic E-state index is 4.65. The smallest absolute Gasteiger partial charge is 0.191 e. The van der Waals surface area contributed by atoms with Crippen molar-refractivity contribution in [3.05, 3.63) is 64.5 Å². The quantitative estimate of drug-likeness (QED) is 0.298. The zero-order chi connectivity index (χ0) is 18.2. The second-order valence-electron chi connectivity index (χ2n) is 5.82. The molecule has 0 atom stereocenters. The first-order valence-electron chi connectivity index (χ1n) is 8.76. The Morgan fingerprint density at radius 1 is 1.22 bits per heavy atom. The Hall–Kier alpha value is -1.94. The Bertz CT molecular complexity index is 826. The van der Waals surface area contributed by atoms with Gasteiger partial charge < -0.3 is 10.6 Å². The van der Waals surface area contributed by atoms with E-state index in [9.17, 15) is 0 Å². The van der Waals surface area contributed by atoms with Crippen molar-refractivity contribution in [1.29, 1.82) is 0 Å². The summed E-state index contributed by atoms with van der Waals surface area (Å²) >= 11 is 1.78. The number of imidazole rings is 1. The van der Waals surface area contributed by atoms with Gasteiger partial charge in [-0.15, -0.1) is 35.3 Å². The average Bonchev–Trinajstić information content (AvgIpc) is 3.32. The summed E-state index contributed by atoms with van der Waals surface area (Å²) in [6.45, 7) is 6.32. The first-order chi connectivity index (χ1) is 12.8. The highest BCUT2D eigenvalue weighted by molar-refractivity contribution is 14.0. The third-order valence-electron chi connectivity index (χ3n) is 3.89. The van der Waals surface area contributed by atoms with Gasteiger partial charge in [0.15, 0.2) is 5.96 Å². The monoisotopic (exact) mass is 496 g/mol. The minimum Gasteiger partial charge on any atom is -0.357 e. The molecule has 8 heteroatoms. The van der Waals surface area contributed by atoms with Crippen molar-refractivity contribution < 1.29 is 0 Å². The minimum atomic E-state index is 0. The van der Waals surface area contributed by atoms with Crippen LogP contribution in [-0.4, -0.2) is 33.6 Å². The van der Waals surface area contributed by atoms with E-state index in [-0.39, 0.29) is 24.0 Å². The summed E-state index contributed by atoms with van der Waals surface area (Å²) in [6.07, 6.45) is 6.56. The van der Waals surface area contributed by atoms with Gasteiger partial charge in [-0.25, -0.2) is 15.0 Å². The first-order valence-corrected chi connectivity index (χ1v) is 9.64. The number of hydrogen-bond donors (Lipinski definition) is 2.